The molecule has 2 heterocycles. The Morgan fingerprint density at radius 1 is 0.789 bits per heavy atom. The fraction of sp³-hybridized carbons (Fsp3) is 0.553. The highest BCUT2D eigenvalue weighted by Crippen LogP contribution is 2.42. The second-order valence-electron chi connectivity index (χ2n) is 17.4. The van der Waals surface area contributed by atoms with Crippen LogP contribution in [0.15, 0.2) is 72.8 Å². The Labute approximate surface area is 338 Å². The summed E-state index contributed by atoms with van der Waals surface area (Å²) in [5, 5.41) is 24.8. The zero-order valence-corrected chi connectivity index (χ0v) is 34.1. The van der Waals surface area contributed by atoms with Gasteiger partial charge in [0.2, 0.25) is 11.8 Å². The van der Waals surface area contributed by atoms with Crippen molar-refractivity contribution >= 4 is 17.8 Å². The lowest BCUT2D eigenvalue weighted by Gasteiger charge is -2.50. The summed E-state index contributed by atoms with van der Waals surface area (Å²) >= 11 is 0. The van der Waals surface area contributed by atoms with Crippen LogP contribution in [0.4, 0.5) is 0 Å². The first kappa shape index (κ1) is 42.5. The van der Waals surface area contributed by atoms with Crippen LogP contribution in [-0.2, 0) is 37.0 Å². The number of carboxylic acid groups (broad SMARTS) is 1. The van der Waals surface area contributed by atoms with Crippen molar-refractivity contribution in [2.75, 3.05) is 6.54 Å². The van der Waals surface area contributed by atoms with Crippen LogP contribution in [0, 0.1) is 5.92 Å². The van der Waals surface area contributed by atoms with Crippen molar-refractivity contribution in [3.63, 3.8) is 0 Å². The zero-order chi connectivity index (χ0) is 40.4. The van der Waals surface area contributed by atoms with Crippen LogP contribution < -0.4 is 10.6 Å². The van der Waals surface area contributed by atoms with E-state index in [-0.39, 0.29) is 48.6 Å². The van der Waals surface area contributed by atoms with Crippen molar-refractivity contribution < 1.29 is 34.1 Å². The molecule has 1 aliphatic carbocycles. The van der Waals surface area contributed by atoms with Crippen molar-refractivity contribution in [2.24, 2.45) is 5.92 Å². The number of hydrogen-bond donors (Lipinski definition) is 4. The summed E-state index contributed by atoms with van der Waals surface area (Å²) in [5.41, 5.74) is 5.60. The molecule has 10 nitrogen and oxygen atoms in total. The minimum absolute atomic E-state index is 0.000963. The van der Waals surface area contributed by atoms with Gasteiger partial charge in [-0.15, -0.1) is 0 Å². The molecular formula is C47H63N3O7. The third kappa shape index (κ3) is 12.2. The van der Waals surface area contributed by atoms with Gasteiger partial charge in [0.15, 0.2) is 6.29 Å². The van der Waals surface area contributed by atoms with Crippen molar-refractivity contribution in [3.8, 4) is 11.1 Å². The van der Waals surface area contributed by atoms with Crippen molar-refractivity contribution in [1.29, 1.82) is 0 Å². The van der Waals surface area contributed by atoms with E-state index in [0.717, 1.165) is 71.9 Å². The molecule has 0 radical (unpaired) electrons. The number of ether oxygens (including phenoxy) is 2. The maximum absolute atomic E-state index is 13.8. The standard InChI is InChI=1S/C47H63N3O7/c1-47(2,3)49-45(55)41-26-25-35-12-8-9-14-40(35)50(41)30-39-28-42(36-19-17-32(31-51)18-20-36)57-46(56-39)37-23-21-34(22-24-37)38-13-10-11-33(27-38)29-48-43(52)15-6-4-5-7-16-44(53)54/h10-11,13,17-24,27,35,39-42,46,51H,4-9,12,14-16,25-26,28-31H2,1-3H3,(H,48,52)(H,49,55)(H,53,54)/t35-,39-,40-,41-,42+,46+/m1/s1. The number of likely N-dealkylation sites (tertiary alicyclic amines) is 1. The lowest BCUT2D eigenvalue weighted by atomic mass is 9.75. The van der Waals surface area contributed by atoms with E-state index >= 15 is 0 Å². The maximum atomic E-state index is 13.8. The summed E-state index contributed by atoms with van der Waals surface area (Å²) < 4.78 is 13.6. The number of rotatable bonds is 16. The minimum atomic E-state index is -0.776. The molecule has 3 aliphatic rings. The van der Waals surface area contributed by atoms with Crippen LogP contribution >= 0.6 is 0 Å². The largest absolute Gasteiger partial charge is 0.481 e. The molecule has 308 valence electrons. The van der Waals surface area contributed by atoms with Gasteiger partial charge >= 0.3 is 5.97 Å². The first-order valence-corrected chi connectivity index (χ1v) is 21.2. The minimum Gasteiger partial charge on any atom is -0.481 e. The van der Waals surface area contributed by atoms with Crippen LogP contribution in [-0.4, -0.2) is 63.2 Å². The lowest BCUT2D eigenvalue weighted by molar-refractivity contribution is -0.255. The van der Waals surface area contributed by atoms with E-state index in [1.165, 1.54) is 19.3 Å². The van der Waals surface area contributed by atoms with E-state index in [0.29, 0.717) is 44.3 Å². The number of amides is 2. The number of carbonyl (C=O) groups is 3. The molecule has 4 N–H and O–H groups in total. The Bertz CT molecular complexity index is 1770. The summed E-state index contributed by atoms with van der Waals surface area (Å²) in [5.74, 6) is -0.0687. The Morgan fingerprint density at radius 3 is 2.23 bits per heavy atom. The Morgan fingerprint density at radius 2 is 1.51 bits per heavy atom. The molecule has 3 aromatic rings. The van der Waals surface area contributed by atoms with E-state index in [4.69, 9.17) is 14.6 Å². The fourth-order valence-electron chi connectivity index (χ4n) is 8.89. The molecule has 2 amide bonds. The number of carboxylic acids is 1. The van der Waals surface area contributed by atoms with E-state index in [1.807, 2.05) is 57.2 Å². The zero-order valence-electron chi connectivity index (χ0n) is 34.1. The molecule has 6 rings (SSSR count). The molecule has 6 atom stereocenters. The monoisotopic (exact) mass is 781 g/mol. The number of aliphatic carboxylic acids is 1. The summed E-state index contributed by atoms with van der Waals surface area (Å²) in [6, 6.07) is 24.6. The molecule has 2 aliphatic heterocycles. The van der Waals surface area contributed by atoms with Gasteiger partial charge in [0.05, 0.1) is 24.9 Å². The summed E-state index contributed by atoms with van der Waals surface area (Å²) in [7, 11) is 0. The highest BCUT2D eigenvalue weighted by atomic mass is 16.7. The number of aliphatic hydroxyl groups excluding tert-OH is 1. The van der Waals surface area contributed by atoms with Gasteiger partial charge in [-0.1, -0.05) is 92.4 Å². The van der Waals surface area contributed by atoms with Crippen molar-refractivity contribution in [3.05, 3.63) is 95.1 Å². The predicted octanol–water partition coefficient (Wildman–Crippen LogP) is 8.37. The lowest BCUT2D eigenvalue weighted by Crippen LogP contribution is -2.61. The molecule has 57 heavy (non-hydrogen) atoms. The topological polar surface area (TPSA) is 137 Å². The van der Waals surface area contributed by atoms with Gasteiger partial charge in [0.25, 0.3) is 0 Å². The Balaban J connectivity index is 1.15. The number of piperidine rings is 1. The first-order valence-electron chi connectivity index (χ1n) is 21.2. The van der Waals surface area contributed by atoms with E-state index in [2.05, 4.69) is 51.9 Å². The number of nitrogens with zero attached hydrogens (tertiary/aromatic N) is 1. The van der Waals surface area contributed by atoms with E-state index in [9.17, 15) is 19.5 Å². The predicted molar refractivity (Wildman–Crippen MR) is 221 cm³/mol. The number of aliphatic hydroxyl groups is 1. The molecule has 0 bridgehead atoms. The maximum Gasteiger partial charge on any atom is 0.303 e. The van der Waals surface area contributed by atoms with Crippen LogP contribution in [0.25, 0.3) is 11.1 Å². The number of fused-ring (bicyclic) bond motifs is 1. The summed E-state index contributed by atoms with van der Waals surface area (Å²) in [6.45, 7) is 7.21. The second kappa shape index (κ2) is 20.1. The molecular weight excluding hydrogens is 719 g/mol. The van der Waals surface area contributed by atoms with Crippen LogP contribution in [0.5, 0.6) is 0 Å². The molecule has 3 aromatic carbocycles. The summed E-state index contributed by atoms with van der Waals surface area (Å²) in [4.78, 5) is 39.5. The number of hydrogen-bond acceptors (Lipinski definition) is 7. The molecule has 0 unspecified atom stereocenters. The van der Waals surface area contributed by atoms with Gasteiger partial charge in [-0.3, -0.25) is 19.3 Å². The number of unbranched alkanes of at least 4 members (excludes halogenated alkanes) is 3. The third-order valence-corrected chi connectivity index (χ3v) is 11.8. The molecule has 0 spiro atoms. The molecule has 10 heteroatoms. The van der Waals surface area contributed by atoms with E-state index < -0.39 is 12.3 Å². The summed E-state index contributed by atoms with van der Waals surface area (Å²) in [6.07, 6.45) is 10.0. The average molecular weight is 782 g/mol. The molecule has 0 aromatic heterocycles. The quantitative estimate of drug-likeness (QED) is 0.107. The number of carbonyl (C=O) groups excluding carboxylic acids is 2. The van der Waals surface area contributed by atoms with Crippen molar-refractivity contribution in [1.82, 2.24) is 15.5 Å². The molecule has 2 saturated heterocycles. The van der Waals surface area contributed by atoms with Crippen LogP contribution in [0.1, 0.15) is 139 Å². The van der Waals surface area contributed by atoms with E-state index in [1.54, 1.807) is 0 Å². The van der Waals surface area contributed by atoms with Gasteiger partial charge in [-0.2, -0.15) is 0 Å². The van der Waals surface area contributed by atoms with Crippen molar-refractivity contribution in [2.45, 2.75) is 154 Å². The fourth-order valence-corrected chi connectivity index (χ4v) is 8.89. The first-order chi connectivity index (χ1) is 27.5. The molecule has 1 saturated carbocycles. The average Bonchev–Trinajstić information content (AvgIpc) is 3.20. The van der Waals surface area contributed by atoms with Gasteiger partial charge in [-0.05, 0) is 99.1 Å². The van der Waals surface area contributed by atoms with Gasteiger partial charge in [-0.25, -0.2) is 0 Å². The van der Waals surface area contributed by atoms with Gasteiger partial charge in [0, 0.05) is 49.5 Å². The van der Waals surface area contributed by atoms with Crippen LogP contribution in [0.3, 0.4) is 0 Å². The highest BCUT2D eigenvalue weighted by molar-refractivity contribution is 5.82. The Kier molecular flexibility index (Phi) is 15.0. The normalized spacial score (nSPS) is 24.0. The third-order valence-electron chi connectivity index (χ3n) is 11.8. The second-order valence-corrected chi connectivity index (χ2v) is 17.4. The van der Waals surface area contributed by atoms with Gasteiger partial charge in [0.1, 0.15) is 0 Å². The highest BCUT2D eigenvalue weighted by Gasteiger charge is 2.44. The SMILES string of the molecule is CC(C)(C)NC(=O)[C@H]1CC[C@H]2CCCC[C@H]2N1C[C@H]1C[C@@H](c2ccc(CO)cc2)O[C@@H](c2ccc(-c3cccc(CNC(=O)CCCCCCC(=O)O)c3)cc2)O1. The Hall–Kier alpha value is -4.09. The van der Waals surface area contributed by atoms with Gasteiger partial charge < -0.3 is 30.3 Å². The number of benzene rings is 3. The number of nitrogens with one attached hydrogen (secondary N) is 2. The molecule has 3 fully saturated rings. The van der Waals surface area contributed by atoms with Crippen LogP contribution in [0.2, 0.25) is 0 Å². The smallest absolute Gasteiger partial charge is 0.303 e.